The number of fused-ring (bicyclic) bond motifs is 2. The van der Waals surface area contributed by atoms with Crippen molar-refractivity contribution in [2.75, 3.05) is 12.1 Å². The minimum absolute atomic E-state index is 0.305. The Morgan fingerprint density at radius 2 is 2.05 bits per heavy atom. The maximum atomic E-state index is 5.38. The van der Waals surface area contributed by atoms with E-state index in [9.17, 15) is 0 Å². The Bertz CT molecular complexity index is 819. The fourth-order valence-electron chi connectivity index (χ4n) is 2.20. The number of hydrogen-bond acceptors (Lipinski definition) is 5. The molecule has 1 N–H and O–H groups in total. The maximum absolute atomic E-state index is 5.38. The average molecular weight is 363 g/mol. The highest BCUT2D eigenvalue weighted by Crippen LogP contribution is 2.33. The molecule has 0 radical (unpaired) electrons. The SMILES string of the molecule is Brc1ccc2nc(NCc3ccc4c(c3)OCO4)sc2c1. The third-order valence-electron chi connectivity index (χ3n) is 3.23. The van der Waals surface area contributed by atoms with Gasteiger partial charge in [0.25, 0.3) is 0 Å². The summed E-state index contributed by atoms with van der Waals surface area (Å²) in [6, 6.07) is 12.1. The summed E-state index contributed by atoms with van der Waals surface area (Å²) in [5.74, 6) is 1.62. The minimum atomic E-state index is 0.305. The molecule has 0 fully saturated rings. The van der Waals surface area contributed by atoms with E-state index < -0.39 is 0 Å². The molecule has 0 atom stereocenters. The summed E-state index contributed by atoms with van der Waals surface area (Å²) in [7, 11) is 0. The lowest BCUT2D eigenvalue weighted by atomic mass is 10.2. The zero-order valence-electron chi connectivity index (χ0n) is 10.9. The smallest absolute Gasteiger partial charge is 0.231 e. The van der Waals surface area contributed by atoms with Gasteiger partial charge in [0.05, 0.1) is 10.2 Å². The first-order chi connectivity index (χ1) is 10.3. The second-order valence-corrected chi connectivity index (χ2v) is 6.62. The number of thiazole rings is 1. The highest BCUT2D eigenvalue weighted by Gasteiger charge is 2.13. The van der Waals surface area contributed by atoms with Crippen LogP contribution in [0.4, 0.5) is 5.13 Å². The van der Waals surface area contributed by atoms with Crippen LogP contribution in [0.15, 0.2) is 40.9 Å². The van der Waals surface area contributed by atoms with Crippen LogP contribution < -0.4 is 14.8 Å². The number of ether oxygens (including phenoxy) is 2. The molecular weight excluding hydrogens is 352 g/mol. The van der Waals surface area contributed by atoms with Crippen LogP contribution in [0.5, 0.6) is 11.5 Å². The number of hydrogen-bond donors (Lipinski definition) is 1. The number of nitrogens with one attached hydrogen (secondary N) is 1. The lowest BCUT2D eigenvalue weighted by Crippen LogP contribution is -1.98. The van der Waals surface area contributed by atoms with E-state index in [2.05, 4.69) is 32.3 Å². The highest BCUT2D eigenvalue weighted by atomic mass is 79.9. The molecule has 0 saturated carbocycles. The molecule has 0 bridgehead atoms. The molecule has 2 heterocycles. The zero-order valence-corrected chi connectivity index (χ0v) is 13.3. The van der Waals surface area contributed by atoms with Crippen LogP contribution in [0.25, 0.3) is 10.2 Å². The van der Waals surface area contributed by atoms with Crippen LogP contribution in [0.1, 0.15) is 5.56 Å². The Hall–Kier alpha value is -1.79. The summed E-state index contributed by atoms with van der Waals surface area (Å²) in [5.41, 5.74) is 2.15. The van der Waals surface area contributed by atoms with Gasteiger partial charge in [-0.2, -0.15) is 0 Å². The van der Waals surface area contributed by atoms with Crippen LogP contribution in [0.2, 0.25) is 0 Å². The van der Waals surface area contributed by atoms with E-state index >= 15 is 0 Å². The van der Waals surface area contributed by atoms with Crippen molar-refractivity contribution in [1.29, 1.82) is 0 Å². The van der Waals surface area contributed by atoms with Crippen LogP contribution in [0.3, 0.4) is 0 Å². The second kappa shape index (κ2) is 5.20. The molecule has 2 aromatic carbocycles. The Kier molecular flexibility index (Phi) is 3.20. The predicted octanol–water partition coefficient (Wildman–Crippen LogP) is 4.40. The van der Waals surface area contributed by atoms with Crippen molar-refractivity contribution < 1.29 is 9.47 Å². The second-order valence-electron chi connectivity index (χ2n) is 4.67. The Balaban J connectivity index is 1.52. The molecule has 1 aliphatic heterocycles. The molecule has 21 heavy (non-hydrogen) atoms. The first kappa shape index (κ1) is 12.9. The van der Waals surface area contributed by atoms with Gasteiger partial charge in [-0.25, -0.2) is 4.98 Å². The highest BCUT2D eigenvalue weighted by molar-refractivity contribution is 9.10. The van der Waals surface area contributed by atoms with Crippen molar-refractivity contribution in [1.82, 2.24) is 4.98 Å². The lowest BCUT2D eigenvalue weighted by molar-refractivity contribution is 0.174. The van der Waals surface area contributed by atoms with Crippen LogP contribution in [-0.4, -0.2) is 11.8 Å². The maximum Gasteiger partial charge on any atom is 0.231 e. The fraction of sp³-hybridized carbons (Fsp3) is 0.133. The third-order valence-corrected chi connectivity index (χ3v) is 4.70. The van der Waals surface area contributed by atoms with Gasteiger partial charge in [-0.15, -0.1) is 0 Å². The van der Waals surface area contributed by atoms with E-state index in [1.165, 1.54) is 0 Å². The summed E-state index contributed by atoms with van der Waals surface area (Å²) in [5, 5.41) is 4.27. The molecule has 1 aliphatic rings. The molecule has 0 saturated heterocycles. The fourth-order valence-corrected chi connectivity index (χ4v) is 3.62. The quantitative estimate of drug-likeness (QED) is 0.749. The first-order valence-electron chi connectivity index (χ1n) is 6.46. The van der Waals surface area contributed by atoms with Gasteiger partial charge in [-0.1, -0.05) is 33.3 Å². The Labute approximate surface area is 133 Å². The molecular formula is C15H11BrN2O2S. The summed E-state index contributed by atoms with van der Waals surface area (Å²) >= 11 is 5.13. The Morgan fingerprint density at radius 3 is 3.00 bits per heavy atom. The predicted molar refractivity (Wildman–Crippen MR) is 87.2 cm³/mol. The number of benzene rings is 2. The molecule has 3 aromatic rings. The lowest BCUT2D eigenvalue weighted by Gasteiger charge is -2.04. The van der Waals surface area contributed by atoms with E-state index in [-0.39, 0.29) is 0 Å². The zero-order chi connectivity index (χ0) is 14.2. The van der Waals surface area contributed by atoms with Crippen molar-refractivity contribution in [3.8, 4) is 11.5 Å². The monoisotopic (exact) mass is 362 g/mol. The summed E-state index contributed by atoms with van der Waals surface area (Å²) < 4.78 is 12.9. The molecule has 4 nitrogen and oxygen atoms in total. The third kappa shape index (κ3) is 2.56. The van der Waals surface area contributed by atoms with Crippen LogP contribution >= 0.6 is 27.3 Å². The van der Waals surface area contributed by atoms with Gasteiger partial charge in [-0.3, -0.25) is 0 Å². The largest absolute Gasteiger partial charge is 0.454 e. The van der Waals surface area contributed by atoms with Gasteiger partial charge in [0.1, 0.15) is 0 Å². The average Bonchev–Trinajstić information content (AvgIpc) is 3.09. The van der Waals surface area contributed by atoms with E-state index in [0.717, 1.165) is 36.9 Å². The van der Waals surface area contributed by atoms with E-state index in [1.54, 1.807) is 11.3 Å². The Morgan fingerprint density at radius 1 is 1.14 bits per heavy atom. The van der Waals surface area contributed by atoms with E-state index in [4.69, 9.17) is 9.47 Å². The van der Waals surface area contributed by atoms with Gasteiger partial charge in [0, 0.05) is 11.0 Å². The van der Waals surface area contributed by atoms with Gasteiger partial charge in [0.15, 0.2) is 16.6 Å². The molecule has 4 rings (SSSR count). The summed E-state index contributed by atoms with van der Waals surface area (Å²) in [4.78, 5) is 4.57. The van der Waals surface area contributed by atoms with Crippen molar-refractivity contribution in [2.45, 2.75) is 6.54 Å². The topological polar surface area (TPSA) is 43.4 Å². The van der Waals surface area contributed by atoms with Crippen molar-refractivity contribution in [3.63, 3.8) is 0 Å². The summed E-state index contributed by atoms with van der Waals surface area (Å²) in [6.45, 7) is 1.01. The normalized spacial score (nSPS) is 12.8. The van der Waals surface area contributed by atoms with E-state index in [0.29, 0.717) is 13.3 Å². The molecule has 1 aromatic heterocycles. The van der Waals surface area contributed by atoms with Gasteiger partial charge in [0.2, 0.25) is 6.79 Å². The van der Waals surface area contributed by atoms with Crippen LogP contribution in [-0.2, 0) is 6.54 Å². The van der Waals surface area contributed by atoms with Gasteiger partial charge < -0.3 is 14.8 Å². The molecule has 106 valence electrons. The number of rotatable bonds is 3. The number of aromatic nitrogens is 1. The standard InChI is InChI=1S/C15H11BrN2O2S/c16-10-2-3-11-14(6-10)21-15(18-11)17-7-9-1-4-12-13(5-9)20-8-19-12/h1-6H,7-8H2,(H,17,18). The van der Waals surface area contributed by atoms with Crippen molar-refractivity contribution in [3.05, 3.63) is 46.4 Å². The molecule has 0 spiro atoms. The van der Waals surface area contributed by atoms with Gasteiger partial charge in [-0.05, 0) is 35.9 Å². The number of anilines is 1. The minimum Gasteiger partial charge on any atom is -0.454 e. The van der Waals surface area contributed by atoms with Crippen molar-refractivity contribution >= 4 is 42.6 Å². The van der Waals surface area contributed by atoms with Crippen LogP contribution in [0, 0.1) is 0 Å². The molecule has 0 unspecified atom stereocenters. The molecule has 0 aliphatic carbocycles. The van der Waals surface area contributed by atoms with Gasteiger partial charge >= 0.3 is 0 Å². The first-order valence-corrected chi connectivity index (χ1v) is 8.07. The summed E-state index contributed by atoms with van der Waals surface area (Å²) in [6.07, 6.45) is 0. The molecule has 0 amide bonds. The number of halogens is 1. The number of nitrogens with zero attached hydrogens (tertiary/aromatic N) is 1. The van der Waals surface area contributed by atoms with E-state index in [1.807, 2.05) is 30.3 Å². The molecule has 6 heteroatoms. The van der Waals surface area contributed by atoms with Crippen molar-refractivity contribution in [2.24, 2.45) is 0 Å².